The Kier molecular flexibility index (Phi) is 6.96. The molecule has 2 aliphatic carbocycles. The van der Waals surface area contributed by atoms with Crippen LogP contribution in [0, 0.1) is 34.9 Å². The SMILES string of the molecule is C[C@H]1CCC[C@]2(C)C[C@H]3OC(=O)[C@@H](CN4CC[C@H](c5ccc(F)cc5)[C@H](COc5ccc6c(c5)OCO6)C4)[C@H]3C=C12. The lowest BCUT2D eigenvalue weighted by molar-refractivity contribution is -0.145. The van der Waals surface area contributed by atoms with Crippen molar-refractivity contribution >= 4 is 5.97 Å². The van der Waals surface area contributed by atoms with E-state index in [4.69, 9.17) is 18.9 Å². The van der Waals surface area contributed by atoms with E-state index in [9.17, 15) is 9.18 Å². The van der Waals surface area contributed by atoms with Crippen LogP contribution in [0.1, 0.15) is 57.4 Å². The van der Waals surface area contributed by atoms with Gasteiger partial charge in [-0.1, -0.05) is 44.1 Å². The number of rotatable bonds is 6. The average Bonchev–Trinajstić information content (AvgIpc) is 3.54. The fourth-order valence-corrected chi connectivity index (χ4v) is 8.30. The Morgan fingerprint density at radius 3 is 2.78 bits per heavy atom. The van der Waals surface area contributed by atoms with Gasteiger partial charge in [0, 0.05) is 31.0 Å². The van der Waals surface area contributed by atoms with Gasteiger partial charge >= 0.3 is 5.97 Å². The Bertz CT molecular complexity index is 1330. The summed E-state index contributed by atoms with van der Waals surface area (Å²) in [5.74, 6) is 2.92. The van der Waals surface area contributed by atoms with Crippen molar-refractivity contribution in [3.63, 3.8) is 0 Å². The van der Waals surface area contributed by atoms with Crippen LogP contribution in [-0.2, 0) is 9.53 Å². The minimum absolute atomic E-state index is 0.00607. The molecule has 41 heavy (non-hydrogen) atoms. The van der Waals surface area contributed by atoms with E-state index in [-0.39, 0.29) is 53.8 Å². The molecule has 0 spiro atoms. The first kappa shape index (κ1) is 26.8. The zero-order chi connectivity index (χ0) is 28.1. The fraction of sp³-hybridized carbons (Fsp3) is 0.559. The number of esters is 1. The smallest absolute Gasteiger partial charge is 0.311 e. The van der Waals surface area contributed by atoms with E-state index in [0.717, 1.165) is 43.0 Å². The molecule has 0 amide bonds. The normalized spacial score (nSPS) is 34.4. The number of likely N-dealkylation sites (tertiary alicyclic amines) is 1. The molecule has 6 nitrogen and oxygen atoms in total. The number of carbonyl (C=O) groups is 1. The Morgan fingerprint density at radius 1 is 1.10 bits per heavy atom. The van der Waals surface area contributed by atoms with Gasteiger partial charge in [0.25, 0.3) is 0 Å². The van der Waals surface area contributed by atoms with Crippen LogP contribution in [-0.4, -0.2) is 50.0 Å². The number of allylic oxidation sites excluding steroid dienone is 1. The molecule has 5 aliphatic rings. The van der Waals surface area contributed by atoms with Crippen LogP contribution in [0.5, 0.6) is 17.2 Å². The van der Waals surface area contributed by atoms with E-state index in [0.29, 0.717) is 24.8 Å². The van der Waals surface area contributed by atoms with Crippen LogP contribution in [0.3, 0.4) is 0 Å². The van der Waals surface area contributed by atoms with E-state index >= 15 is 0 Å². The van der Waals surface area contributed by atoms with Crippen LogP contribution >= 0.6 is 0 Å². The summed E-state index contributed by atoms with van der Waals surface area (Å²) >= 11 is 0. The van der Waals surface area contributed by atoms with Crippen molar-refractivity contribution in [3.05, 3.63) is 65.5 Å². The average molecular weight is 562 g/mol. The molecule has 7 heteroatoms. The second-order valence-electron chi connectivity index (χ2n) is 13.1. The molecule has 7 rings (SSSR count). The maximum Gasteiger partial charge on any atom is 0.311 e. The molecule has 3 heterocycles. The maximum atomic E-state index is 13.7. The van der Waals surface area contributed by atoms with Gasteiger partial charge in [-0.15, -0.1) is 0 Å². The van der Waals surface area contributed by atoms with Crippen molar-refractivity contribution in [2.24, 2.45) is 29.1 Å². The maximum absolute atomic E-state index is 13.7. The largest absolute Gasteiger partial charge is 0.493 e. The number of hydrogen-bond donors (Lipinski definition) is 0. The zero-order valence-electron chi connectivity index (χ0n) is 24.0. The third-order valence-corrected chi connectivity index (χ3v) is 10.5. The Balaban J connectivity index is 1.08. The first-order valence-electron chi connectivity index (χ1n) is 15.3. The van der Waals surface area contributed by atoms with Crippen LogP contribution in [0.25, 0.3) is 0 Å². The summed E-state index contributed by atoms with van der Waals surface area (Å²) in [6.07, 6.45) is 7.99. The van der Waals surface area contributed by atoms with Crippen molar-refractivity contribution in [2.45, 2.75) is 58.0 Å². The topological polar surface area (TPSA) is 57.2 Å². The van der Waals surface area contributed by atoms with Crippen molar-refractivity contribution in [3.8, 4) is 17.2 Å². The number of fused-ring (bicyclic) bond motifs is 3. The lowest BCUT2D eigenvalue weighted by atomic mass is 9.59. The number of piperidine rings is 1. The van der Waals surface area contributed by atoms with Gasteiger partial charge in [-0.05, 0) is 79.3 Å². The predicted molar refractivity (Wildman–Crippen MR) is 152 cm³/mol. The molecule has 0 radical (unpaired) electrons. The summed E-state index contributed by atoms with van der Waals surface area (Å²) < 4.78 is 37.1. The molecular formula is C34H40FNO5. The Hall–Kier alpha value is -3.06. The zero-order valence-corrected chi connectivity index (χ0v) is 24.0. The second kappa shape index (κ2) is 10.6. The molecule has 2 aromatic rings. The summed E-state index contributed by atoms with van der Waals surface area (Å²) in [7, 11) is 0. The standard InChI is InChI=1S/C34H40FNO5/c1-21-4-3-12-34(2)16-32-27(15-29(21)34)28(33(37)41-32)18-36-13-11-26(22-5-7-24(35)8-6-22)23(17-36)19-38-25-9-10-30-31(14-25)40-20-39-30/h5-10,14-15,21,23,26-28,32H,3-4,11-13,16-20H2,1-2H3/t21-,23-,26+,27+,28-,32+,34+/m0/s1. The van der Waals surface area contributed by atoms with Crippen molar-refractivity contribution in [2.75, 3.05) is 33.0 Å². The van der Waals surface area contributed by atoms with Gasteiger partial charge in [0.05, 0.1) is 12.5 Å². The number of benzene rings is 2. The summed E-state index contributed by atoms with van der Waals surface area (Å²) in [6.45, 7) is 7.85. The van der Waals surface area contributed by atoms with Gasteiger partial charge in [0.1, 0.15) is 17.7 Å². The summed E-state index contributed by atoms with van der Waals surface area (Å²) in [5, 5.41) is 0. The van der Waals surface area contributed by atoms with E-state index in [1.807, 2.05) is 30.3 Å². The number of carbonyl (C=O) groups excluding carboxylic acids is 1. The van der Waals surface area contributed by atoms with Gasteiger partial charge in [0.2, 0.25) is 6.79 Å². The van der Waals surface area contributed by atoms with Crippen molar-refractivity contribution < 1.29 is 28.1 Å². The molecule has 0 N–H and O–H groups in total. The summed E-state index contributed by atoms with van der Waals surface area (Å²) in [4.78, 5) is 15.7. The van der Waals surface area contributed by atoms with Crippen molar-refractivity contribution in [1.29, 1.82) is 0 Å². The molecule has 2 aromatic carbocycles. The predicted octanol–water partition coefficient (Wildman–Crippen LogP) is 6.35. The van der Waals surface area contributed by atoms with Crippen LogP contribution in [0.4, 0.5) is 4.39 Å². The molecule has 7 atom stereocenters. The van der Waals surface area contributed by atoms with Gasteiger partial charge in [-0.2, -0.15) is 0 Å². The first-order chi connectivity index (χ1) is 19.9. The molecule has 2 saturated heterocycles. The molecule has 3 aliphatic heterocycles. The quantitative estimate of drug-likeness (QED) is 0.303. The van der Waals surface area contributed by atoms with Crippen LogP contribution in [0.2, 0.25) is 0 Å². The molecule has 0 bridgehead atoms. The minimum Gasteiger partial charge on any atom is -0.493 e. The molecule has 218 valence electrons. The molecule has 0 aromatic heterocycles. The Labute approximate surface area is 241 Å². The lowest BCUT2D eigenvalue weighted by Crippen LogP contribution is -2.46. The molecule has 1 saturated carbocycles. The highest BCUT2D eigenvalue weighted by atomic mass is 19.1. The number of hydrogen-bond acceptors (Lipinski definition) is 6. The van der Waals surface area contributed by atoms with Crippen LogP contribution in [0.15, 0.2) is 54.1 Å². The van der Waals surface area contributed by atoms with E-state index in [2.05, 4.69) is 24.8 Å². The minimum atomic E-state index is -0.223. The third-order valence-electron chi connectivity index (χ3n) is 10.5. The summed E-state index contributed by atoms with van der Waals surface area (Å²) in [5.41, 5.74) is 2.85. The highest BCUT2D eigenvalue weighted by Crippen LogP contribution is 2.54. The first-order valence-corrected chi connectivity index (χ1v) is 15.3. The van der Waals surface area contributed by atoms with E-state index < -0.39 is 0 Å². The lowest BCUT2D eigenvalue weighted by Gasteiger charge is -2.46. The highest BCUT2D eigenvalue weighted by molar-refractivity contribution is 5.76. The molecular weight excluding hydrogens is 521 g/mol. The molecule has 0 unspecified atom stereocenters. The Morgan fingerprint density at radius 2 is 1.93 bits per heavy atom. The number of halogens is 1. The van der Waals surface area contributed by atoms with E-state index in [1.165, 1.54) is 19.3 Å². The van der Waals surface area contributed by atoms with Gasteiger partial charge in [-0.3, -0.25) is 4.79 Å². The monoisotopic (exact) mass is 561 g/mol. The van der Waals surface area contributed by atoms with Crippen LogP contribution < -0.4 is 14.2 Å². The number of ether oxygens (including phenoxy) is 4. The van der Waals surface area contributed by atoms with Gasteiger partial charge < -0.3 is 23.8 Å². The summed E-state index contributed by atoms with van der Waals surface area (Å²) in [6, 6.07) is 12.6. The van der Waals surface area contributed by atoms with E-state index in [1.54, 1.807) is 17.7 Å². The second-order valence-corrected chi connectivity index (χ2v) is 13.1. The van der Waals surface area contributed by atoms with Gasteiger partial charge in [-0.25, -0.2) is 4.39 Å². The van der Waals surface area contributed by atoms with Crippen molar-refractivity contribution in [1.82, 2.24) is 4.90 Å². The highest BCUT2D eigenvalue weighted by Gasteiger charge is 2.52. The fourth-order valence-electron chi connectivity index (χ4n) is 8.30. The van der Waals surface area contributed by atoms with Gasteiger partial charge in [0.15, 0.2) is 11.5 Å². The number of nitrogens with zero attached hydrogens (tertiary/aromatic N) is 1. The third kappa shape index (κ3) is 5.11. The molecule has 3 fully saturated rings.